The summed E-state index contributed by atoms with van der Waals surface area (Å²) in [6, 6.07) is 0.157. The van der Waals surface area contributed by atoms with Crippen LogP contribution in [-0.4, -0.2) is 12.1 Å². The van der Waals surface area contributed by atoms with Crippen molar-refractivity contribution in [2.75, 3.05) is 0 Å². The van der Waals surface area contributed by atoms with Gasteiger partial charge < -0.3 is 0 Å². The molecule has 0 spiro atoms. The van der Waals surface area contributed by atoms with E-state index in [0.717, 1.165) is 0 Å². The molecule has 0 aliphatic heterocycles. The second-order valence-corrected chi connectivity index (χ2v) is 4.26. The van der Waals surface area contributed by atoms with Gasteiger partial charge in [-0.3, -0.25) is 0 Å². The molecule has 0 bridgehead atoms. The monoisotopic (exact) mass is 165 g/mol. The fourth-order valence-electron chi connectivity index (χ4n) is 1.62. The van der Waals surface area contributed by atoms with Crippen LogP contribution in [0.2, 0.25) is 0 Å². The second-order valence-electron chi connectivity index (χ2n) is 4.26. The van der Waals surface area contributed by atoms with Crippen LogP contribution in [0, 0.1) is 11.3 Å². The first kappa shape index (κ1) is 9.21. The molecule has 0 aromatic carbocycles. The molecule has 0 unspecified atom stereocenters. The molecular weight excluding hydrogens is 150 g/mol. The van der Waals surface area contributed by atoms with E-state index in [0.29, 0.717) is 5.92 Å². The fraction of sp³-hybridized carbons (Fsp3) is 0.700. The van der Waals surface area contributed by atoms with Gasteiger partial charge in [-0.15, -0.1) is 0 Å². The lowest BCUT2D eigenvalue weighted by Gasteiger charge is -1.95. The number of carbonyl (C=O) groups excluding carboxylic acids is 1. The molecule has 0 radical (unpaired) electrons. The van der Waals surface area contributed by atoms with Crippen LogP contribution in [0.4, 0.5) is 0 Å². The Morgan fingerprint density at radius 2 is 2.08 bits per heavy atom. The molecular formula is C10H15NO. The Bertz CT molecular complexity index is 255. The van der Waals surface area contributed by atoms with E-state index < -0.39 is 0 Å². The van der Waals surface area contributed by atoms with E-state index in [2.05, 4.69) is 38.8 Å². The number of aliphatic imine (C=N–C) groups is 1. The second kappa shape index (κ2) is 2.87. The molecule has 1 fully saturated rings. The van der Waals surface area contributed by atoms with Crippen molar-refractivity contribution < 1.29 is 4.79 Å². The number of nitrogens with zero attached hydrogens (tertiary/aromatic N) is 1. The highest BCUT2D eigenvalue weighted by Crippen LogP contribution is 2.55. The highest BCUT2D eigenvalue weighted by molar-refractivity contribution is 5.37. The fourth-order valence-corrected chi connectivity index (χ4v) is 1.62. The molecule has 1 saturated carbocycles. The number of allylic oxidation sites excluding steroid dienone is 1. The summed E-state index contributed by atoms with van der Waals surface area (Å²) < 4.78 is 0. The van der Waals surface area contributed by atoms with Crippen LogP contribution in [-0.2, 0) is 4.79 Å². The van der Waals surface area contributed by atoms with E-state index in [1.807, 2.05) is 0 Å². The quantitative estimate of drug-likeness (QED) is 0.351. The molecule has 12 heavy (non-hydrogen) atoms. The zero-order valence-corrected chi connectivity index (χ0v) is 8.09. The lowest BCUT2D eigenvalue weighted by molar-refractivity contribution is 0.555. The molecule has 0 aromatic heterocycles. The molecule has 2 atom stereocenters. The van der Waals surface area contributed by atoms with Gasteiger partial charge >= 0.3 is 0 Å². The SMILES string of the molecule is CC(C)=C[C@H]1[C@@H](N=C=O)C1(C)C. The van der Waals surface area contributed by atoms with E-state index >= 15 is 0 Å². The van der Waals surface area contributed by atoms with Gasteiger partial charge in [-0.2, -0.15) is 0 Å². The van der Waals surface area contributed by atoms with Gasteiger partial charge in [0.05, 0.1) is 6.04 Å². The molecule has 66 valence electrons. The number of isocyanates is 1. The number of rotatable bonds is 2. The Labute approximate surface area is 73.4 Å². The Balaban J connectivity index is 2.73. The standard InChI is InChI=1S/C10H15NO/c1-7(2)5-8-9(11-6-12)10(8,3)4/h5,8-9H,1-4H3/t8-,9+/m0/s1. The van der Waals surface area contributed by atoms with Gasteiger partial charge in [-0.1, -0.05) is 25.5 Å². The van der Waals surface area contributed by atoms with Crippen LogP contribution >= 0.6 is 0 Å². The number of hydrogen-bond donors (Lipinski definition) is 0. The Hall–Kier alpha value is -0.880. The molecule has 1 rings (SSSR count). The van der Waals surface area contributed by atoms with Crippen molar-refractivity contribution in [1.82, 2.24) is 0 Å². The van der Waals surface area contributed by atoms with E-state index in [1.165, 1.54) is 5.57 Å². The zero-order chi connectivity index (χ0) is 9.35. The number of hydrogen-bond acceptors (Lipinski definition) is 2. The third kappa shape index (κ3) is 1.49. The van der Waals surface area contributed by atoms with Crippen molar-refractivity contribution in [2.45, 2.75) is 33.7 Å². The van der Waals surface area contributed by atoms with Gasteiger partial charge in [-0.05, 0) is 19.3 Å². The van der Waals surface area contributed by atoms with Crippen molar-refractivity contribution in [3.8, 4) is 0 Å². The van der Waals surface area contributed by atoms with Gasteiger partial charge in [0, 0.05) is 5.92 Å². The Morgan fingerprint density at radius 1 is 1.50 bits per heavy atom. The van der Waals surface area contributed by atoms with Crippen LogP contribution in [0.1, 0.15) is 27.7 Å². The minimum Gasteiger partial charge on any atom is -0.211 e. The average Bonchev–Trinajstić information content (AvgIpc) is 2.39. The molecule has 2 nitrogen and oxygen atoms in total. The maximum Gasteiger partial charge on any atom is 0.235 e. The third-order valence-corrected chi connectivity index (χ3v) is 2.56. The maximum absolute atomic E-state index is 10.1. The molecule has 0 aromatic rings. The minimum atomic E-state index is 0.157. The van der Waals surface area contributed by atoms with Crippen LogP contribution in [0.3, 0.4) is 0 Å². The van der Waals surface area contributed by atoms with E-state index in [1.54, 1.807) is 6.08 Å². The lowest BCUT2D eigenvalue weighted by Crippen LogP contribution is -1.90. The highest BCUT2D eigenvalue weighted by Gasteiger charge is 2.56. The van der Waals surface area contributed by atoms with Gasteiger partial charge in [-0.25, -0.2) is 9.79 Å². The van der Waals surface area contributed by atoms with Crippen LogP contribution < -0.4 is 0 Å². The molecule has 0 heterocycles. The first-order chi connectivity index (χ1) is 5.50. The van der Waals surface area contributed by atoms with Crippen molar-refractivity contribution >= 4 is 6.08 Å². The third-order valence-electron chi connectivity index (χ3n) is 2.56. The maximum atomic E-state index is 10.1. The topological polar surface area (TPSA) is 29.4 Å². The van der Waals surface area contributed by atoms with Gasteiger partial charge in [0.25, 0.3) is 0 Å². The molecule has 1 aliphatic rings. The highest BCUT2D eigenvalue weighted by atomic mass is 16.1. The summed E-state index contributed by atoms with van der Waals surface area (Å²) in [7, 11) is 0. The van der Waals surface area contributed by atoms with Gasteiger partial charge in [0.2, 0.25) is 6.08 Å². The predicted octanol–water partition coefficient (Wildman–Crippen LogP) is 2.31. The normalized spacial score (nSPS) is 30.3. The van der Waals surface area contributed by atoms with Crippen molar-refractivity contribution in [2.24, 2.45) is 16.3 Å². The van der Waals surface area contributed by atoms with Gasteiger partial charge in [0.15, 0.2) is 0 Å². The summed E-state index contributed by atoms with van der Waals surface area (Å²) in [5.74, 6) is 0.434. The largest absolute Gasteiger partial charge is 0.235 e. The van der Waals surface area contributed by atoms with E-state index in [4.69, 9.17) is 0 Å². The molecule has 0 amide bonds. The van der Waals surface area contributed by atoms with E-state index in [9.17, 15) is 4.79 Å². The first-order valence-corrected chi connectivity index (χ1v) is 4.22. The summed E-state index contributed by atoms with van der Waals surface area (Å²) in [6.07, 6.45) is 3.82. The van der Waals surface area contributed by atoms with Crippen LogP contribution in [0.25, 0.3) is 0 Å². The van der Waals surface area contributed by atoms with Crippen LogP contribution in [0.15, 0.2) is 16.6 Å². The predicted molar refractivity (Wildman–Crippen MR) is 48.6 cm³/mol. The van der Waals surface area contributed by atoms with Gasteiger partial charge in [0.1, 0.15) is 0 Å². The Kier molecular flexibility index (Phi) is 2.20. The van der Waals surface area contributed by atoms with Crippen molar-refractivity contribution in [3.63, 3.8) is 0 Å². The van der Waals surface area contributed by atoms with Crippen molar-refractivity contribution in [1.29, 1.82) is 0 Å². The van der Waals surface area contributed by atoms with Crippen molar-refractivity contribution in [3.05, 3.63) is 11.6 Å². The molecule has 0 N–H and O–H groups in total. The summed E-state index contributed by atoms with van der Waals surface area (Å²) in [6.45, 7) is 8.39. The zero-order valence-electron chi connectivity index (χ0n) is 8.09. The average molecular weight is 165 g/mol. The first-order valence-electron chi connectivity index (χ1n) is 4.22. The van der Waals surface area contributed by atoms with Crippen LogP contribution in [0.5, 0.6) is 0 Å². The minimum absolute atomic E-state index is 0.157. The summed E-state index contributed by atoms with van der Waals surface area (Å²) in [5, 5.41) is 0. The lowest BCUT2D eigenvalue weighted by atomic mass is 10.1. The molecule has 2 heteroatoms. The Morgan fingerprint density at radius 3 is 2.50 bits per heavy atom. The molecule has 0 saturated heterocycles. The van der Waals surface area contributed by atoms with E-state index in [-0.39, 0.29) is 11.5 Å². The summed E-state index contributed by atoms with van der Waals surface area (Å²) >= 11 is 0. The summed E-state index contributed by atoms with van der Waals surface area (Å²) in [4.78, 5) is 13.8. The summed E-state index contributed by atoms with van der Waals surface area (Å²) in [5.41, 5.74) is 1.45. The smallest absolute Gasteiger partial charge is 0.211 e. The molecule has 1 aliphatic carbocycles.